The minimum absolute atomic E-state index is 0.0368. The summed E-state index contributed by atoms with van der Waals surface area (Å²) in [6.07, 6.45) is 7.43. The number of aromatic nitrogens is 6. The molecule has 0 aliphatic heterocycles. The van der Waals surface area contributed by atoms with E-state index in [0.717, 1.165) is 0 Å². The number of pyridine rings is 1. The molecule has 0 radical (unpaired) electrons. The van der Waals surface area contributed by atoms with Crippen LogP contribution in [0.15, 0.2) is 43.2 Å². The standard InChI is InChI=1S/C24H27ClF2N8O2/c1-23(2,27)13-34-12-15(7-31-34)33-19-5-18(16-9-32-35-11-14(25)6-29-21(16)35)28-8-17(19)22(36)30-10-20(26)24(3,4)37/h5-9,11-12,20,37H,10,13H2,1-4H3,(H,28,33)(H,30,36). The van der Waals surface area contributed by atoms with E-state index < -0.39 is 29.9 Å². The smallest absolute Gasteiger partial charge is 0.255 e. The summed E-state index contributed by atoms with van der Waals surface area (Å²) in [4.78, 5) is 21.7. The van der Waals surface area contributed by atoms with Gasteiger partial charge >= 0.3 is 0 Å². The van der Waals surface area contributed by atoms with Gasteiger partial charge in [-0.1, -0.05) is 11.6 Å². The lowest BCUT2D eigenvalue weighted by Gasteiger charge is -2.22. The molecule has 1 amide bonds. The summed E-state index contributed by atoms with van der Waals surface area (Å²) < 4.78 is 31.3. The Kier molecular flexibility index (Phi) is 7.16. The molecule has 0 fully saturated rings. The molecule has 4 rings (SSSR count). The minimum Gasteiger partial charge on any atom is -0.387 e. The molecule has 196 valence electrons. The van der Waals surface area contributed by atoms with Crippen LogP contribution in [-0.2, 0) is 6.54 Å². The molecule has 4 aromatic heterocycles. The number of nitrogens with zero attached hydrogens (tertiary/aromatic N) is 6. The van der Waals surface area contributed by atoms with E-state index in [2.05, 4.69) is 30.8 Å². The summed E-state index contributed by atoms with van der Waals surface area (Å²) >= 11 is 6.00. The third-order valence-electron chi connectivity index (χ3n) is 5.41. The Hall–Kier alpha value is -3.64. The van der Waals surface area contributed by atoms with Crippen LogP contribution in [0.4, 0.5) is 20.2 Å². The molecule has 0 aliphatic rings. The number of anilines is 2. The van der Waals surface area contributed by atoms with Gasteiger partial charge in [-0.2, -0.15) is 10.2 Å². The summed E-state index contributed by atoms with van der Waals surface area (Å²) in [7, 11) is 0. The number of alkyl halides is 2. The molecule has 13 heteroatoms. The quantitative estimate of drug-likeness (QED) is 0.298. The summed E-state index contributed by atoms with van der Waals surface area (Å²) in [5, 5.41) is 24.3. The number of amides is 1. The maximum Gasteiger partial charge on any atom is 0.255 e. The molecule has 0 saturated carbocycles. The molecule has 0 aromatic carbocycles. The van der Waals surface area contributed by atoms with Gasteiger partial charge in [-0.05, 0) is 33.8 Å². The van der Waals surface area contributed by atoms with Crippen molar-refractivity contribution in [2.75, 3.05) is 11.9 Å². The van der Waals surface area contributed by atoms with Crippen LogP contribution in [0.3, 0.4) is 0 Å². The van der Waals surface area contributed by atoms with Crippen molar-refractivity contribution in [3.63, 3.8) is 0 Å². The maximum atomic E-state index is 14.2. The molecule has 3 N–H and O–H groups in total. The fraction of sp³-hybridized carbons (Fsp3) is 0.375. The number of aliphatic hydroxyl groups is 1. The number of halogens is 3. The fourth-order valence-corrected chi connectivity index (χ4v) is 3.64. The molecular formula is C24H27ClF2N8O2. The predicted octanol–water partition coefficient (Wildman–Crippen LogP) is 3.97. The Balaban J connectivity index is 1.68. The number of carbonyl (C=O) groups is 1. The van der Waals surface area contributed by atoms with Crippen LogP contribution in [0.2, 0.25) is 5.02 Å². The highest BCUT2D eigenvalue weighted by atomic mass is 35.5. The third kappa shape index (κ3) is 6.38. The van der Waals surface area contributed by atoms with E-state index in [9.17, 15) is 18.7 Å². The lowest BCUT2D eigenvalue weighted by Crippen LogP contribution is -2.42. The molecular weight excluding hydrogens is 506 g/mol. The van der Waals surface area contributed by atoms with Gasteiger partial charge in [0.05, 0.1) is 70.5 Å². The number of fused-ring (bicyclic) bond motifs is 1. The largest absolute Gasteiger partial charge is 0.387 e. The first-order valence-corrected chi connectivity index (χ1v) is 11.8. The Morgan fingerprint density at radius 1 is 1.14 bits per heavy atom. The zero-order valence-corrected chi connectivity index (χ0v) is 21.5. The molecule has 10 nitrogen and oxygen atoms in total. The van der Waals surface area contributed by atoms with E-state index in [-0.39, 0.29) is 12.1 Å². The zero-order chi connectivity index (χ0) is 27.0. The number of carbonyl (C=O) groups excluding carboxylic acids is 1. The van der Waals surface area contributed by atoms with E-state index >= 15 is 0 Å². The lowest BCUT2D eigenvalue weighted by molar-refractivity contribution is -0.00177. The first kappa shape index (κ1) is 26.4. The van der Waals surface area contributed by atoms with E-state index in [4.69, 9.17) is 11.6 Å². The van der Waals surface area contributed by atoms with Crippen molar-refractivity contribution in [1.82, 2.24) is 34.7 Å². The molecule has 0 spiro atoms. The molecule has 0 saturated heterocycles. The van der Waals surface area contributed by atoms with Crippen molar-refractivity contribution in [1.29, 1.82) is 0 Å². The Morgan fingerprint density at radius 2 is 1.89 bits per heavy atom. The van der Waals surface area contributed by atoms with E-state index in [1.807, 2.05) is 0 Å². The summed E-state index contributed by atoms with van der Waals surface area (Å²) in [5.74, 6) is -0.601. The summed E-state index contributed by atoms with van der Waals surface area (Å²) in [5.41, 5.74) is -0.571. The molecule has 1 atom stereocenters. The van der Waals surface area contributed by atoms with Crippen molar-refractivity contribution in [3.05, 3.63) is 53.8 Å². The third-order valence-corrected chi connectivity index (χ3v) is 5.60. The zero-order valence-electron chi connectivity index (χ0n) is 20.7. The highest BCUT2D eigenvalue weighted by Crippen LogP contribution is 2.29. The lowest BCUT2D eigenvalue weighted by atomic mass is 10.0. The van der Waals surface area contributed by atoms with Gasteiger partial charge in [-0.15, -0.1) is 0 Å². The second-order valence-electron chi connectivity index (χ2n) is 9.82. The van der Waals surface area contributed by atoms with Gasteiger partial charge in [0.15, 0.2) is 5.65 Å². The normalized spacial score (nSPS) is 13.1. The molecule has 4 heterocycles. The van der Waals surface area contributed by atoms with Crippen LogP contribution >= 0.6 is 11.6 Å². The second kappa shape index (κ2) is 10.0. The van der Waals surface area contributed by atoms with Crippen molar-refractivity contribution in [3.8, 4) is 11.3 Å². The molecule has 0 bridgehead atoms. The number of rotatable bonds is 9. The van der Waals surface area contributed by atoms with Gasteiger partial charge in [0, 0.05) is 18.6 Å². The first-order chi connectivity index (χ1) is 17.3. The summed E-state index contributed by atoms with van der Waals surface area (Å²) in [6.45, 7) is 5.17. The SMILES string of the molecule is CC(C)(F)Cn1cc(Nc2cc(-c3cnn4cc(Cl)cnc34)ncc2C(=O)NCC(F)C(C)(C)O)cn1. The second-order valence-corrected chi connectivity index (χ2v) is 10.3. The topological polar surface area (TPSA) is 122 Å². The van der Waals surface area contributed by atoms with Crippen LogP contribution in [0, 0.1) is 0 Å². The molecule has 37 heavy (non-hydrogen) atoms. The molecule has 4 aromatic rings. The number of hydrogen-bond donors (Lipinski definition) is 3. The fourth-order valence-electron chi connectivity index (χ4n) is 3.50. The van der Waals surface area contributed by atoms with Crippen LogP contribution in [-0.4, -0.2) is 64.4 Å². The predicted molar refractivity (Wildman–Crippen MR) is 135 cm³/mol. The summed E-state index contributed by atoms with van der Waals surface area (Å²) in [6, 6.07) is 1.63. The number of hydrogen-bond acceptors (Lipinski definition) is 7. The molecule has 0 aliphatic carbocycles. The van der Waals surface area contributed by atoms with Gasteiger partial charge in [0.2, 0.25) is 0 Å². The van der Waals surface area contributed by atoms with E-state index in [0.29, 0.717) is 33.3 Å². The van der Waals surface area contributed by atoms with E-state index in [1.54, 1.807) is 24.7 Å². The van der Waals surface area contributed by atoms with Crippen molar-refractivity contribution >= 4 is 34.5 Å². The van der Waals surface area contributed by atoms with Crippen LogP contribution in [0.25, 0.3) is 16.9 Å². The van der Waals surface area contributed by atoms with Crippen LogP contribution < -0.4 is 10.6 Å². The van der Waals surface area contributed by atoms with Gasteiger partial charge in [0.1, 0.15) is 11.8 Å². The van der Waals surface area contributed by atoms with Crippen molar-refractivity contribution < 1.29 is 18.7 Å². The first-order valence-electron chi connectivity index (χ1n) is 11.4. The van der Waals surface area contributed by atoms with Gasteiger partial charge in [0.25, 0.3) is 5.91 Å². The van der Waals surface area contributed by atoms with Crippen molar-refractivity contribution in [2.45, 2.75) is 51.7 Å². The highest BCUT2D eigenvalue weighted by molar-refractivity contribution is 6.30. The maximum absolute atomic E-state index is 14.2. The number of nitrogens with one attached hydrogen (secondary N) is 2. The van der Waals surface area contributed by atoms with Gasteiger partial charge < -0.3 is 15.7 Å². The van der Waals surface area contributed by atoms with Gasteiger partial charge in [-0.3, -0.25) is 14.5 Å². The Morgan fingerprint density at radius 3 is 2.59 bits per heavy atom. The highest BCUT2D eigenvalue weighted by Gasteiger charge is 2.27. The minimum atomic E-state index is -1.68. The Bertz CT molecular complexity index is 1420. The monoisotopic (exact) mass is 532 g/mol. The average molecular weight is 533 g/mol. The van der Waals surface area contributed by atoms with Gasteiger partial charge in [-0.25, -0.2) is 18.3 Å². The average Bonchev–Trinajstić information content (AvgIpc) is 3.41. The van der Waals surface area contributed by atoms with Crippen molar-refractivity contribution in [2.24, 2.45) is 0 Å². The Labute approximate surface area is 216 Å². The van der Waals surface area contributed by atoms with E-state index in [1.165, 1.54) is 55.5 Å². The molecule has 1 unspecified atom stereocenters. The van der Waals surface area contributed by atoms with Crippen LogP contribution in [0.1, 0.15) is 38.1 Å². The van der Waals surface area contributed by atoms with Crippen LogP contribution in [0.5, 0.6) is 0 Å².